The van der Waals surface area contributed by atoms with Crippen LogP contribution >= 0.6 is 7.82 Å². The lowest BCUT2D eigenvalue weighted by Crippen LogP contribution is -2.37. The van der Waals surface area contributed by atoms with E-state index >= 15 is 0 Å². The molecule has 0 rings (SSSR count). The largest absolute Gasteiger partial charge is 0.756 e. The number of carbonyl (C=O) groups excluding carboxylic acids is 1. The highest BCUT2D eigenvalue weighted by molar-refractivity contribution is 7.45. The summed E-state index contributed by atoms with van der Waals surface area (Å²) in [6.45, 7) is 1.51. The fraction of sp³-hybridized carbons (Fsp3) is 0.567. The second-order valence-electron chi connectivity index (χ2n) is 10.3. The topological polar surface area (TPSA) is 146 Å². The standard InChI is InChI=1S/C30H50NO9P/c1-5-6-17-20-28(33)29(34)21-18-15-13-11-9-7-8-10-12-14-16-19-22-30(35)38-25-27(32)26-40-41(36,37)39-24-23-31(2,3)4/h6,8-11,13-18,21,27-29,32-34H,5,7,12,19-20,22-26H2,1-4H3/b10-8-,11-9+,15-13+,16-14-,17-6-,21-18+/t27-,28+,29?/m1/s1. The van der Waals surface area contributed by atoms with Gasteiger partial charge in [0.25, 0.3) is 7.82 Å². The van der Waals surface area contributed by atoms with E-state index in [2.05, 4.69) is 4.52 Å². The molecule has 0 aliphatic rings. The van der Waals surface area contributed by atoms with Crippen molar-refractivity contribution in [2.24, 2.45) is 0 Å². The van der Waals surface area contributed by atoms with Crippen LogP contribution in [0, 0.1) is 0 Å². The molecule has 0 aliphatic carbocycles. The first-order valence-corrected chi connectivity index (χ1v) is 15.4. The van der Waals surface area contributed by atoms with Gasteiger partial charge < -0.3 is 38.5 Å². The molecule has 0 radical (unpaired) electrons. The molecule has 0 amide bonds. The van der Waals surface area contributed by atoms with Crippen LogP contribution < -0.4 is 4.89 Å². The van der Waals surface area contributed by atoms with Gasteiger partial charge in [0.15, 0.2) is 0 Å². The van der Waals surface area contributed by atoms with Crippen molar-refractivity contribution in [2.75, 3.05) is 47.5 Å². The molecular weight excluding hydrogens is 549 g/mol. The zero-order valence-electron chi connectivity index (χ0n) is 24.9. The molecule has 10 nitrogen and oxygen atoms in total. The smallest absolute Gasteiger partial charge is 0.306 e. The average molecular weight is 600 g/mol. The SMILES string of the molecule is CC/C=C\C[C@H](O)C(O)/C=C/C=C/C=C/C/C=C\C/C=C\CCC(=O)OC[C@@H](O)COP(=O)([O-])OCC[N+](C)(C)C. The number of phosphoric acid groups is 1. The molecule has 0 aromatic heterocycles. The van der Waals surface area contributed by atoms with Crippen molar-refractivity contribution in [1.82, 2.24) is 0 Å². The molecule has 0 bridgehead atoms. The van der Waals surface area contributed by atoms with Crippen LogP contribution in [0.4, 0.5) is 0 Å². The Morgan fingerprint density at radius 3 is 2.22 bits per heavy atom. The molecule has 0 saturated heterocycles. The lowest BCUT2D eigenvalue weighted by atomic mass is 10.1. The lowest BCUT2D eigenvalue weighted by molar-refractivity contribution is -0.870. The number of aliphatic hydroxyl groups is 3. The van der Waals surface area contributed by atoms with Crippen LogP contribution in [-0.2, 0) is 23.1 Å². The Morgan fingerprint density at radius 2 is 1.54 bits per heavy atom. The van der Waals surface area contributed by atoms with Crippen LogP contribution in [-0.4, -0.2) is 91.6 Å². The van der Waals surface area contributed by atoms with Crippen LogP contribution in [0.1, 0.15) is 45.4 Å². The zero-order valence-corrected chi connectivity index (χ0v) is 25.8. The summed E-state index contributed by atoms with van der Waals surface area (Å²) < 4.78 is 26.5. The van der Waals surface area contributed by atoms with Crippen LogP contribution in [0.15, 0.2) is 72.9 Å². The van der Waals surface area contributed by atoms with Crippen molar-refractivity contribution in [1.29, 1.82) is 0 Å². The second kappa shape index (κ2) is 23.4. The predicted molar refractivity (Wildman–Crippen MR) is 160 cm³/mol. The van der Waals surface area contributed by atoms with Crippen LogP contribution in [0.3, 0.4) is 0 Å². The summed E-state index contributed by atoms with van der Waals surface area (Å²) in [6.07, 6.45) is 22.8. The number of nitrogens with zero attached hydrogens (tertiary/aromatic N) is 1. The maximum Gasteiger partial charge on any atom is 0.306 e. The first-order valence-electron chi connectivity index (χ1n) is 13.9. The minimum absolute atomic E-state index is 0.0377. The van der Waals surface area contributed by atoms with Gasteiger partial charge in [0, 0.05) is 6.42 Å². The molecule has 0 aromatic rings. The third kappa shape index (κ3) is 26.5. The van der Waals surface area contributed by atoms with Crippen LogP contribution in [0.5, 0.6) is 0 Å². The van der Waals surface area contributed by atoms with E-state index in [4.69, 9.17) is 9.26 Å². The number of hydrogen-bond acceptors (Lipinski definition) is 9. The summed E-state index contributed by atoms with van der Waals surface area (Å²) in [7, 11) is 1.15. The third-order valence-corrected chi connectivity index (χ3v) is 6.18. The summed E-state index contributed by atoms with van der Waals surface area (Å²) in [5.41, 5.74) is 0. The molecule has 0 spiro atoms. The Labute approximate surface area is 245 Å². The lowest BCUT2D eigenvalue weighted by Gasteiger charge is -2.27. The zero-order chi connectivity index (χ0) is 31.0. The molecule has 0 saturated carbocycles. The van der Waals surface area contributed by atoms with Gasteiger partial charge in [-0.15, -0.1) is 0 Å². The first-order chi connectivity index (χ1) is 19.4. The van der Waals surface area contributed by atoms with Gasteiger partial charge >= 0.3 is 5.97 Å². The second-order valence-corrected chi connectivity index (χ2v) is 11.7. The number of likely N-dealkylation sites (N-methyl/N-ethyl adjacent to an activating group) is 1. The molecule has 3 N–H and O–H groups in total. The summed E-state index contributed by atoms with van der Waals surface area (Å²) in [4.78, 5) is 23.5. The Bertz CT molecular complexity index is 919. The van der Waals surface area contributed by atoms with Gasteiger partial charge in [-0.1, -0.05) is 79.8 Å². The number of phosphoric ester groups is 1. The van der Waals surface area contributed by atoms with E-state index in [9.17, 15) is 29.6 Å². The van der Waals surface area contributed by atoms with Crippen molar-refractivity contribution in [3.05, 3.63) is 72.9 Å². The molecule has 0 aliphatic heterocycles. The Balaban J connectivity index is 3.95. The quantitative estimate of drug-likeness (QED) is 0.0528. The van der Waals surface area contributed by atoms with E-state index in [-0.39, 0.29) is 19.6 Å². The number of allylic oxidation sites excluding steroid dienone is 10. The van der Waals surface area contributed by atoms with Crippen molar-refractivity contribution < 1.29 is 47.8 Å². The normalized spacial score (nSPS) is 17.0. The molecular formula is C30H50NO9P. The summed E-state index contributed by atoms with van der Waals surface area (Å²) >= 11 is 0. The van der Waals surface area contributed by atoms with Crippen molar-refractivity contribution in [3.63, 3.8) is 0 Å². The monoisotopic (exact) mass is 599 g/mol. The maximum atomic E-state index is 11.8. The first kappa shape index (κ1) is 38.9. The number of esters is 1. The number of carbonyl (C=O) groups is 1. The van der Waals surface area contributed by atoms with E-state index < -0.39 is 38.7 Å². The number of ether oxygens (including phenoxy) is 1. The highest BCUT2D eigenvalue weighted by atomic mass is 31.2. The fourth-order valence-corrected chi connectivity index (χ4v) is 3.58. The van der Waals surface area contributed by atoms with E-state index in [0.717, 1.165) is 19.3 Å². The molecule has 41 heavy (non-hydrogen) atoms. The summed E-state index contributed by atoms with van der Waals surface area (Å²) in [6, 6.07) is 0. The molecule has 2 unspecified atom stereocenters. The molecule has 4 atom stereocenters. The minimum atomic E-state index is -4.53. The highest BCUT2D eigenvalue weighted by Gasteiger charge is 2.16. The van der Waals surface area contributed by atoms with Crippen molar-refractivity contribution in [2.45, 2.75) is 63.8 Å². The molecule has 0 aromatic carbocycles. The molecule has 0 heterocycles. The maximum absolute atomic E-state index is 11.8. The molecule has 234 valence electrons. The van der Waals surface area contributed by atoms with Gasteiger partial charge in [0.1, 0.15) is 25.9 Å². The third-order valence-electron chi connectivity index (χ3n) is 5.22. The van der Waals surface area contributed by atoms with Gasteiger partial charge in [-0.2, -0.15) is 0 Å². The van der Waals surface area contributed by atoms with Crippen molar-refractivity contribution in [3.8, 4) is 0 Å². The van der Waals surface area contributed by atoms with Crippen molar-refractivity contribution >= 4 is 13.8 Å². The number of quaternary nitrogens is 1. The minimum Gasteiger partial charge on any atom is -0.756 e. The van der Waals surface area contributed by atoms with Gasteiger partial charge in [-0.05, 0) is 32.1 Å². The Hall–Kier alpha value is -2.14. The average Bonchev–Trinajstić information content (AvgIpc) is 2.90. The summed E-state index contributed by atoms with van der Waals surface area (Å²) in [5, 5.41) is 29.5. The predicted octanol–water partition coefficient (Wildman–Crippen LogP) is 3.52. The number of rotatable bonds is 23. The van der Waals surface area contributed by atoms with E-state index in [1.54, 1.807) is 18.2 Å². The number of hydrogen-bond donors (Lipinski definition) is 3. The number of aliphatic hydroxyl groups excluding tert-OH is 3. The van der Waals surface area contributed by atoms with E-state index in [1.807, 2.05) is 82.8 Å². The van der Waals surface area contributed by atoms with E-state index in [0.29, 0.717) is 23.9 Å². The van der Waals surface area contributed by atoms with E-state index in [1.165, 1.54) is 0 Å². The van der Waals surface area contributed by atoms with Gasteiger partial charge in [-0.3, -0.25) is 9.36 Å². The van der Waals surface area contributed by atoms with Gasteiger partial charge in [-0.25, -0.2) is 0 Å². The van der Waals surface area contributed by atoms with Gasteiger partial charge in [0.05, 0.1) is 40.0 Å². The summed E-state index contributed by atoms with van der Waals surface area (Å²) in [5.74, 6) is -0.503. The Kier molecular flexibility index (Phi) is 22.2. The van der Waals surface area contributed by atoms with Crippen LogP contribution in [0.2, 0.25) is 0 Å². The highest BCUT2D eigenvalue weighted by Crippen LogP contribution is 2.38. The molecule has 0 fully saturated rings. The fourth-order valence-electron chi connectivity index (χ4n) is 2.85. The molecule has 11 heteroatoms. The van der Waals surface area contributed by atoms with Gasteiger partial charge in [0.2, 0.25) is 0 Å². The Morgan fingerprint density at radius 1 is 0.878 bits per heavy atom. The van der Waals surface area contributed by atoms with Crippen LogP contribution in [0.25, 0.3) is 0 Å².